The Bertz CT molecular complexity index is 707. The maximum atomic E-state index is 9.83. The average Bonchev–Trinajstić information content (AvgIpc) is 2.63. The summed E-state index contributed by atoms with van der Waals surface area (Å²) in [6.45, 7) is 7.22. The smallest absolute Gasteiger partial charge is 0.550 e. The van der Waals surface area contributed by atoms with Crippen molar-refractivity contribution < 1.29 is 109 Å². The van der Waals surface area contributed by atoms with Gasteiger partial charge in [0.05, 0.1) is 0 Å². The van der Waals surface area contributed by atoms with Gasteiger partial charge in [-0.1, -0.05) is 0 Å². The van der Waals surface area contributed by atoms with E-state index >= 15 is 0 Å². The third kappa shape index (κ3) is 124. The second-order valence-electron chi connectivity index (χ2n) is 7.50. The standard InChI is InChI=1S/6C4H6O3.Mo/c6*1-3(5)2-4(6)7;/h6*2H2,1H3,(H,6,7);/q;;;;;;+6/p-6. The molecule has 0 saturated heterocycles. The van der Waals surface area contributed by atoms with Gasteiger partial charge in [-0.3, -0.25) is 28.8 Å². The molecule has 0 aliphatic heterocycles. The SMILES string of the molecule is CC(=O)CC(=O)[O-].CC(=O)CC(=O)[O-].CC(=O)CC(=O)[O-].CC(=O)CC(=O)[O-].CC(=O)CC(=O)[O-].CC(=O)CC(=O)[O-].[Mo+6]. The van der Waals surface area contributed by atoms with Gasteiger partial charge in [0.15, 0.2) is 0 Å². The summed E-state index contributed by atoms with van der Waals surface area (Å²) >= 11 is 0. The minimum Gasteiger partial charge on any atom is -0.550 e. The van der Waals surface area contributed by atoms with Gasteiger partial charge in [-0.05, 0) is 41.5 Å². The van der Waals surface area contributed by atoms with Gasteiger partial charge in [0.2, 0.25) is 0 Å². The van der Waals surface area contributed by atoms with Crippen LogP contribution in [0.25, 0.3) is 0 Å². The predicted molar refractivity (Wildman–Crippen MR) is 122 cm³/mol. The van der Waals surface area contributed by atoms with Gasteiger partial charge >= 0.3 is 21.1 Å². The molecule has 0 atom stereocenters. The molecule has 0 radical (unpaired) electrons. The van der Waals surface area contributed by atoms with E-state index in [-0.39, 0.29) is 55.8 Å². The molecule has 0 spiro atoms. The molecule has 18 nitrogen and oxygen atoms in total. The first kappa shape index (κ1) is 54.6. The number of carbonyl (C=O) groups is 12. The van der Waals surface area contributed by atoms with Crippen molar-refractivity contribution in [3.05, 3.63) is 0 Å². The number of hydrogen-bond donors (Lipinski definition) is 0. The molecule has 43 heavy (non-hydrogen) atoms. The summed E-state index contributed by atoms with van der Waals surface area (Å²) in [5.74, 6) is -10.1. The number of carboxylic acid groups (broad SMARTS) is 6. The molecular formula is C24H30MoO18. The van der Waals surface area contributed by atoms with Crippen LogP contribution in [0.5, 0.6) is 0 Å². The third-order valence-electron chi connectivity index (χ3n) is 2.36. The first-order valence-electron chi connectivity index (χ1n) is 10.9. The topological polar surface area (TPSA) is 343 Å². The van der Waals surface area contributed by atoms with E-state index in [0.717, 1.165) is 0 Å². The van der Waals surface area contributed by atoms with Crippen molar-refractivity contribution >= 4 is 70.5 Å². The van der Waals surface area contributed by atoms with Gasteiger partial charge in [-0.25, -0.2) is 0 Å². The zero-order chi connectivity index (χ0) is 35.2. The summed E-state index contributed by atoms with van der Waals surface area (Å²) in [5, 5.41) is 56.9. The zero-order valence-electron chi connectivity index (χ0n) is 24.0. The van der Waals surface area contributed by atoms with E-state index in [2.05, 4.69) is 0 Å². The van der Waals surface area contributed by atoms with Crippen molar-refractivity contribution in [1.29, 1.82) is 0 Å². The monoisotopic (exact) mass is 704 g/mol. The van der Waals surface area contributed by atoms with Crippen molar-refractivity contribution in [2.75, 3.05) is 0 Å². The van der Waals surface area contributed by atoms with E-state index in [1.54, 1.807) is 0 Å². The molecule has 0 N–H and O–H groups in total. The van der Waals surface area contributed by atoms with Gasteiger partial charge in [0.1, 0.15) is 34.7 Å². The number of Topliss-reactive ketones (excluding diaryl/α,β-unsaturated/α-hetero) is 6. The molecule has 0 saturated carbocycles. The molecule has 240 valence electrons. The molecule has 0 aromatic rings. The van der Waals surface area contributed by atoms with Crippen LogP contribution in [0.2, 0.25) is 0 Å². The summed E-state index contributed by atoms with van der Waals surface area (Å²) in [4.78, 5) is 116. The fourth-order valence-corrected chi connectivity index (χ4v) is 1.22. The predicted octanol–water partition coefficient (Wildman–Crippen LogP) is -7.71. The molecule has 0 fully saturated rings. The van der Waals surface area contributed by atoms with Crippen LogP contribution >= 0.6 is 0 Å². The summed E-state index contributed by atoms with van der Waals surface area (Å²) in [7, 11) is 0. The van der Waals surface area contributed by atoms with Crippen LogP contribution in [0, 0.1) is 0 Å². The molecule has 0 heterocycles. The normalized spacial score (nSPS) is 7.95. The Morgan fingerprint density at radius 3 is 0.349 bits per heavy atom. The Morgan fingerprint density at radius 2 is 0.349 bits per heavy atom. The Hall–Kier alpha value is -4.47. The van der Waals surface area contributed by atoms with Crippen LogP contribution in [0.1, 0.15) is 80.1 Å². The van der Waals surface area contributed by atoms with Gasteiger partial charge < -0.3 is 59.4 Å². The van der Waals surface area contributed by atoms with Crippen LogP contribution in [0.4, 0.5) is 0 Å². The number of aliphatic carboxylic acids is 6. The Kier molecular flexibility index (Phi) is 45.1. The van der Waals surface area contributed by atoms with E-state index in [1.807, 2.05) is 0 Å². The van der Waals surface area contributed by atoms with Crippen LogP contribution in [-0.4, -0.2) is 70.5 Å². The van der Waals surface area contributed by atoms with E-state index in [1.165, 1.54) is 41.5 Å². The Morgan fingerprint density at radius 1 is 0.279 bits per heavy atom. The number of ketones is 6. The molecule has 0 unspecified atom stereocenters. The van der Waals surface area contributed by atoms with Crippen molar-refractivity contribution in [3.8, 4) is 0 Å². The fourth-order valence-electron chi connectivity index (χ4n) is 1.22. The van der Waals surface area contributed by atoms with Gasteiger partial charge in [0, 0.05) is 74.3 Å². The van der Waals surface area contributed by atoms with Crippen molar-refractivity contribution in [1.82, 2.24) is 0 Å². The molecule has 0 aromatic heterocycles. The first-order chi connectivity index (χ1) is 18.8. The number of carboxylic acids is 6. The molecule has 19 heteroatoms. The van der Waals surface area contributed by atoms with E-state index in [9.17, 15) is 88.2 Å². The summed E-state index contributed by atoms with van der Waals surface area (Å²) < 4.78 is 0. The minimum absolute atomic E-state index is 0. The molecule has 0 bridgehead atoms. The quantitative estimate of drug-likeness (QED) is 0.135. The first-order valence-corrected chi connectivity index (χ1v) is 10.9. The molecule has 0 amide bonds. The van der Waals surface area contributed by atoms with Gasteiger partial charge in [-0.2, -0.15) is 0 Å². The van der Waals surface area contributed by atoms with E-state index in [4.69, 9.17) is 0 Å². The maximum Gasteiger partial charge on any atom is 6.00 e. The average molecular weight is 702 g/mol. The van der Waals surface area contributed by atoms with E-state index < -0.39 is 74.3 Å². The number of hydrogen-bond acceptors (Lipinski definition) is 18. The van der Waals surface area contributed by atoms with Gasteiger partial charge in [-0.15, -0.1) is 0 Å². The molecule has 0 rings (SSSR count). The Labute approximate surface area is 259 Å². The number of carbonyl (C=O) groups excluding carboxylic acids is 12. The minimum atomic E-state index is -1.31. The second-order valence-corrected chi connectivity index (χ2v) is 7.50. The van der Waals surface area contributed by atoms with Crippen molar-refractivity contribution in [2.24, 2.45) is 0 Å². The number of rotatable bonds is 12. The maximum absolute atomic E-state index is 9.83. The second kappa shape index (κ2) is 35.6. The van der Waals surface area contributed by atoms with Gasteiger partial charge in [0.25, 0.3) is 0 Å². The van der Waals surface area contributed by atoms with Crippen LogP contribution < -0.4 is 30.6 Å². The largest absolute Gasteiger partial charge is 6.00 e. The molecule has 0 aromatic carbocycles. The summed E-state index contributed by atoms with van der Waals surface area (Å²) in [6, 6.07) is 0. The Balaban J connectivity index is -0.0000000720. The van der Waals surface area contributed by atoms with Crippen LogP contribution in [-0.2, 0) is 78.6 Å². The third-order valence-corrected chi connectivity index (χ3v) is 2.36. The van der Waals surface area contributed by atoms with Crippen LogP contribution in [0.15, 0.2) is 0 Å². The van der Waals surface area contributed by atoms with Crippen molar-refractivity contribution in [3.63, 3.8) is 0 Å². The van der Waals surface area contributed by atoms with E-state index in [0.29, 0.717) is 0 Å². The molecular weight excluding hydrogens is 672 g/mol. The molecule has 0 aliphatic rings. The zero-order valence-corrected chi connectivity index (χ0v) is 26.0. The van der Waals surface area contributed by atoms with Crippen LogP contribution in [0.3, 0.4) is 0 Å². The summed E-state index contributed by atoms with van der Waals surface area (Å²) in [6.07, 6.45) is -2.83. The van der Waals surface area contributed by atoms with Crippen molar-refractivity contribution in [2.45, 2.75) is 80.1 Å². The fraction of sp³-hybridized carbons (Fsp3) is 0.500. The molecule has 0 aliphatic carbocycles. The summed E-state index contributed by atoms with van der Waals surface area (Å²) in [5.41, 5.74) is 0.